The van der Waals surface area contributed by atoms with Crippen molar-refractivity contribution < 1.29 is 10.2 Å². The number of aliphatic hydroxyl groups excluding tert-OH is 2. The van der Waals surface area contributed by atoms with Gasteiger partial charge < -0.3 is 15.9 Å². The average Bonchev–Trinajstić information content (AvgIpc) is 2.52. The van der Waals surface area contributed by atoms with Crippen LogP contribution in [-0.4, -0.2) is 51.9 Å². The van der Waals surface area contributed by atoms with Crippen LogP contribution in [0.25, 0.3) is 0 Å². The molecule has 2 unspecified atom stereocenters. The lowest BCUT2D eigenvalue weighted by atomic mass is 10.2. The molecule has 0 amide bonds. The lowest BCUT2D eigenvalue weighted by Crippen LogP contribution is -2.43. The second-order valence-electron chi connectivity index (χ2n) is 3.39. The van der Waals surface area contributed by atoms with Crippen LogP contribution in [0.15, 0.2) is 0 Å². The fourth-order valence-corrected chi connectivity index (χ4v) is 1.96. The highest BCUT2D eigenvalue weighted by Crippen LogP contribution is 2.17. The first-order valence-electron chi connectivity index (χ1n) is 4.47. The highest BCUT2D eigenvalue weighted by Gasteiger charge is 2.27. The van der Waals surface area contributed by atoms with Gasteiger partial charge in [-0.1, -0.05) is 12.2 Å². The largest absolute Gasteiger partial charge is 0.394 e. The lowest BCUT2D eigenvalue weighted by Gasteiger charge is -2.25. The standard InChI is InChI=1S/C8H16N2O2S/c9-8(13)7-2-1-3-10(7)4-6(12)5-11/h6-7,11-12H,1-5H2,(H2,9,13). The second-order valence-corrected chi connectivity index (χ2v) is 3.86. The van der Waals surface area contributed by atoms with Gasteiger partial charge >= 0.3 is 0 Å². The Morgan fingerprint density at radius 3 is 2.92 bits per heavy atom. The van der Waals surface area contributed by atoms with Crippen LogP contribution in [0.5, 0.6) is 0 Å². The van der Waals surface area contributed by atoms with Crippen LogP contribution in [0, 0.1) is 0 Å². The van der Waals surface area contributed by atoms with Crippen molar-refractivity contribution in [1.82, 2.24) is 4.90 Å². The molecule has 0 aromatic carbocycles. The molecule has 76 valence electrons. The third kappa shape index (κ3) is 2.87. The summed E-state index contributed by atoms with van der Waals surface area (Å²) in [4.78, 5) is 2.52. The minimum Gasteiger partial charge on any atom is -0.394 e. The molecular formula is C8H16N2O2S. The van der Waals surface area contributed by atoms with Crippen LogP contribution in [0.1, 0.15) is 12.8 Å². The Morgan fingerprint density at radius 2 is 2.38 bits per heavy atom. The number of nitrogens with zero attached hydrogens (tertiary/aromatic N) is 1. The van der Waals surface area contributed by atoms with E-state index in [-0.39, 0.29) is 12.6 Å². The molecule has 0 aromatic heterocycles. The summed E-state index contributed by atoms with van der Waals surface area (Å²) in [7, 11) is 0. The third-order valence-corrected chi connectivity index (χ3v) is 2.62. The molecule has 4 N–H and O–H groups in total. The van der Waals surface area contributed by atoms with E-state index in [0.717, 1.165) is 19.4 Å². The molecule has 0 aromatic rings. The van der Waals surface area contributed by atoms with Gasteiger partial charge in [-0.2, -0.15) is 0 Å². The summed E-state index contributed by atoms with van der Waals surface area (Å²) >= 11 is 4.91. The normalized spacial score (nSPS) is 26.2. The summed E-state index contributed by atoms with van der Waals surface area (Å²) in [6.07, 6.45) is 1.34. The first-order chi connectivity index (χ1) is 6.15. The molecule has 0 bridgehead atoms. The van der Waals surface area contributed by atoms with Gasteiger partial charge in [0.05, 0.1) is 23.7 Å². The Morgan fingerprint density at radius 1 is 1.69 bits per heavy atom. The van der Waals surface area contributed by atoms with Gasteiger partial charge in [0.15, 0.2) is 0 Å². The maximum atomic E-state index is 9.24. The highest BCUT2D eigenvalue weighted by atomic mass is 32.1. The first-order valence-corrected chi connectivity index (χ1v) is 4.88. The maximum absolute atomic E-state index is 9.24. The van der Waals surface area contributed by atoms with E-state index in [2.05, 4.69) is 0 Å². The molecule has 1 saturated heterocycles. The number of aliphatic hydroxyl groups is 2. The topological polar surface area (TPSA) is 69.7 Å². The summed E-state index contributed by atoms with van der Waals surface area (Å²) in [5.41, 5.74) is 5.55. The van der Waals surface area contributed by atoms with E-state index in [1.165, 1.54) is 0 Å². The van der Waals surface area contributed by atoms with Crippen molar-refractivity contribution in [3.05, 3.63) is 0 Å². The molecule has 2 atom stereocenters. The van der Waals surface area contributed by atoms with Crippen LogP contribution in [0.3, 0.4) is 0 Å². The number of nitrogens with two attached hydrogens (primary N) is 1. The Hall–Kier alpha value is -0.230. The first kappa shape index (κ1) is 10.8. The molecule has 0 spiro atoms. The molecular weight excluding hydrogens is 188 g/mol. The molecule has 1 fully saturated rings. The fraction of sp³-hybridized carbons (Fsp3) is 0.875. The van der Waals surface area contributed by atoms with Crippen molar-refractivity contribution in [1.29, 1.82) is 0 Å². The Kier molecular flexibility index (Phi) is 4.05. The zero-order valence-corrected chi connectivity index (χ0v) is 8.33. The second kappa shape index (κ2) is 4.85. The monoisotopic (exact) mass is 204 g/mol. The van der Waals surface area contributed by atoms with Gasteiger partial charge in [0, 0.05) is 6.54 Å². The quantitative estimate of drug-likeness (QED) is 0.517. The molecule has 13 heavy (non-hydrogen) atoms. The maximum Gasteiger partial charge on any atom is 0.0902 e. The summed E-state index contributed by atoms with van der Waals surface area (Å²) in [6, 6.07) is 0.108. The van der Waals surface area contributed by atoms with Crippen molar-refractivity contribution in [3.63, 3.8) is 0 Å². The van der Waals surface area contributed by atoms with Crippen LogP contribution in [0.2, 0.25) is 0 Å². The van der Waals surface area contributed by atoms with Crippen molar-refractivity contribution in [2.24, 2.45) is 5.73 Å². The van der Waals surface area contributed by atoms with E-state index in [0.29, 0.717) is 11.5 Å². The number of thiocarbonyl (C=S) groups is 1. The summed E-state index contributed by atoms with van der Waals surface area (Å²) in [5, 5.41) is 17.9. The van der Waals surface area contributed by atoms with Crippen molar-refractivity contribution in [2.45, 2.75) is 25.0 Å². The predicted octanol–water partition coefficient (Wildman–Crippen LogP) is -0.910. The molecule has 0 saturated carbocycles. The molecule has 1 aliphatic rings. The number of rotatable bonds is 4. The van der Waals surface area contributed by atoms with E-state index in [1.54, 1.807) is 0 Å². The van der Waals surface area contributed by atoms with E-state index in [4.69, 9.17) is 23.1 Å². The minimum absolute atomic E-state index is 0.108. The number of likely N-dealkylation sites (tertiary alicyclic amines) is 1. The Labute approximate surface area is 83.3 Å². The van der Waals surface area contributed by atoms with Crippen molar-refractivity contribution in [2.75, 3.05) is 19.7 Å². The van der Waals surface area contributed by atoms with Crippen molar-refractivity contribution >= 4 is 17.2 Å². The van der Waals surface area contributed by atoms with Crippen LogP contribution >= 0.6 is 12.2 Å². The van der Waals surface area contributed by atoms with Gasteiger partial charge in [-0.25, -0.2) is 0 Å². The van der Waals surface area contributed by atoms with E-state index in [1.807, 2.05) is 4.90 Å². The van der Waals surface area contributed by atoms with E-state index < -0.39 is 6.10 Å². The van der Waals surface area contributed by atoms with Gasteiger partial charge in [-0.05, 0) is 19.4 Å². The molecule has 0 aliphatic carbocycles. The number of hydrogen-bond donors (Lipinski definition) is 3. The SMILES string of the molecule is NC(=S)C1CCCN1CC(O)CO. The smallest absolute Gasteiger partial charge is 0.0902 e. The van der Waals surface area contributed by atoms with E-state index in [9.17, 15) is 5.11 Å². The van der Waals surface area contributed by atoms with Crippen LogP contribution in [0.4, 0.5) is 0 Å². The highest BCUT2D eigenvalue weighted by molar-refractivity contribution is 7.80. The average molecular weight is 204 g/mol. The Balaban J connectivity index is 2.44. The fourth-order valence-electron chi connectivity index (χ4n) is 1.70. The van der Waals surface area contributed by atoms with Crippen LogP contribution in [-0.2, 0) is 0 Å². The van der Waals surface area contributed by atoms with E-state index >= 15 is 0 Å². The van der Waals surface area contributed by atoms with Gasteiger partial charge in [0.25, 0.3) is 0 Å². The molecule has 1 heterocycles. The summed E-state index contributed by atoms with van der Waals surface area (Å²) < 4.78 is 0. The Bertz CT molecular complexity index is 189. The molecule has 0 radical (unpaired) electrons. The molecule has 5 heteroatoms. The molecule has 4 nitrogen and oxygen atoms in total. The third-order valence-electron chi connectivity index (χ3n) is 2.35. The van der Waals surface area contributed by atoms with Gasteiger partial charge in [-0.3, -0.25) is 4.90 Å². The molecule has 1 aliphatic heterocycles. The summed E-state index contributed by atoms with van der Waals surface area (Å²) in [6.45, 7) is 1.15. The van der Waals surface area contributed by atoms with Crippen LogP contribution < -0.4 is 5.73 Å². The van der Waals surface area contributed by atoms with Crippen molar-refractivity contribution in [3.8, 4) is 0 Å². The lowest BCUT2D eigenvalue weighted by molar-refractivity contribution is 0.0618. The van der Waals surface area contributed by atoms with Gasteiger partial charge in [0.1, 0.15) is 0 Å². The van der Waals surface area contributed by atoms with Gasteiger partial charge in [0.2, 0.25) is 0 Å². The van der Waals surface area contributed by atoms with Gasteiger partial charge in [-0.15, -0.1) is 0 Å². The zero-order chi connectivity index (χ0) is 9.84. The zero-order valence-electron chi connectivity index (χ0n) is 7.52. The number of β-amino-alcohol motifs (C(OH)–C–C–N with tert-alkyl or cyclic N) is 1. The summed E-state index contributed by atoms with van der Waals surface area (Å²) in [5.74, 6) is 0. The molecule has 1 rings (SSSR count). The number of hydrogen-bond acceptors (Lipinski definition) is 4. The predicted molar refractivity (Wildman–Crippen MR) is 54.5 cm³/mol. The minimum atomic E-state index is -0.685.